The summed E-state index contributed by atoms with van der Waals surface area (Å²) in [6.07, 6.45) is -0.0532. The van der Waals surface area contributed by atoms with Crippen LogP contribution in [0.15, 0.2) is 24.3 Å². The molecule has 0 saturated carbocycles. The molecule has 0 aliphatic carbocycles. The van der Waals surface area contributed by atoms with Gasteiger partial charge in [-0.2, -0.15) is 0 Å². The van der Waals surface area contributed by atoms with E-state index in [9.17, 15) is 4.79 Å². The van der Waals surface area contributed by atoms with Gasteiger partial charge in [0, 0.05) is 18.8 Å². The zero-order chi connectivity index (χ0) is 13.7. The zero-order valence-electron chi connectivity index (χ0n) is 11.2. The minimum absolute atomic E-state index is 0.0532. The van der Waals surface area contributed by atoms with Crippen LogP contribution in [0.1, 0.15) is 17.3 Å². The van der Waals surface area contributed by atoms with E-state index >= 15 is 0 Å². The normalized spacial score (nSPS) is 20.2. The predicted molar refractivity (Wildman–Crippen MR) is 73.0 cm³/mol. The number of anilines is 1. The molecule has 1 saturated heterocycles. The number of esters is 1. The van der Waals surface area contributed by atoms with E-state index in [1.165, 1.54) is 0 Å². The fourth-order valence-electron chi connectivity index (χ4n) is 2.10. The van der Waals surface area contributed by atoms with Crippen LogP contribution >= 0.6 is 0 Å². The molecule has 0 aromatic heterocycles. The van der Waals surface area contributed by atoms with Crippen LogP contribution in [0.4, 0.5) is 5.69 Å². The number of benzene rings is 1. The quantitative estimate of drug-likeness (QED) is 0.652. The molecule has 1 aromatic carbocycles. The van der Waals surface area contributed by atoms with Crippen molar-refractivity contribution in [2.75, 3.05) is 38.6 Å². The molecule has 2 rings (SSSR count). The molecule has 1 aromatic rings. The number of likely N-dealkylation sites (N-methyl/N-ethyl adjacent to an activating group) is 1. The van der Waals surface area contributed by atoms with Gasteiger partial charge in [0.25, 0.3) is 0 Å². The average molecular weight is 264 g/mol. The van der Waals surface area contributed by atoms with Crippen molar-refractivity contribution in [3.8, 4) is 0 Å². The van der Waals surface area contributed by atoms with Crippen molar-refractivity contribution in [2.45, 2.75) is 13.0 Å². The summed E-state index contributed by atoms with van der Waals surface area (Å²) < 4.78 is 10.8. The number of rotatable bonds is 4. The second-order valence-electron chi connectivity index (χ2n) is 4.57. The maximum Gasteiger partial charge on any atom is 0.340 e. The van der Waals surface area contributed by atoms with Gasteiger partial charge in [0.2, 0.25) is 0 Å². The van der Waals surface area contributed by atoms with Gasteiger partial charge in [-0.15, -0.1) is 0 Å². The van der Waals surface area contributed by atoms with Crippen molar-refractivity contribution in [1.29, 1.82) is 0 Å². The van der Waals surface area contributed by atoms with Crippen molar-refractivity contribution in [3.63, 3.8) is 0 Å². The lowest BCUT2D eigenvalue weighted by Crippen LogP contribution is -2.44. The molecular weight excluding hydrogens is 244 g/mol. The van der Waals surface area contributed by atoms with E-state index in [2.05, 4.69) is 11.8 Å². The second-order valence-corrected chi connectivity index (χ2v) is 4.57. The fourth-order valence-corrected chi connectivity index (χ4v) is 2.10. The summed E-state index contributed by atoms with van der Waals surface area (Å²) in [7, 11) is 0. The van der Waals surface area contributed by atoms with Gasteiger partial charge in [-0.3, -0.25) is 4.90 Å². The third kappa shape index (κ3) is 3.68. The van der Waals surface area contributed by atoms with Gasteiger partial charge in [-0.25, -0.2) is 4.79 Å². The molecule has 5 nitrogen and oxygen atoms in total. The number of nitrogens with two attached hydrogens (primary N) is 1. The molecule has 0 bridgehead atoms. The first-order chi connectivity index (χ1) is 9.20. The lowest BCUT2D eigenvalue weighted by atomic mass is 10.2. The first kappa shape index (κ1) is 13.8. The second kappa shape index (κ2) is 6.54. The monoisotopic (exact) mass is 264 g/mol. The van der Waals surface area contributed by atoms with Gasteiger partial charge in [0.05, 0.1) is 12.2 Å². The summed E-state index contributed by atoms with van der Waals surface area (Å²) in [5, 5.41) is 0. The molecule has 1 aliphatic heterocycles. The summed E-state index contributed by atoms with van der Waals surface area (Å²) in [5.74, 6) is -0.393. The Hall–Kier alpha value is -1.59. The van der Waals surface area contributed by atoms with Crippen LogP contribution in [-0.4, -0.2) is 49.8 Å². The third-order valence-corrected chi connectivity index (χ3v) is 3.25. The maximum atomic E-state index is 11.9. The molecule has 0 radical (unpaired) electrons. The number of carbonyl (C=O) groups is 1. The molecular formula is C14H20N2O3. The molecule has 1 heterocycles. The molecule has 1 unspecified atom stereocenters. The SMILES string of the molecule is CCN1CCOC(COC(=O)c2ccccc2N)C1. The Morgan fingerprint density at radius 1 is 1.53 bits per heavy atom. The first-order valence-electron chi connectivity index (χ1n) is 6.56. The lowest BCUT2D eigenvalue weighted by Gasteiger charge is -2.31. The molecule has 0 spiro atoms. The highest BCUT2D eigenvalue weighted by atomic mass is 16.6. The largest absolute Gasteiger partial charge is 0.459 e. The van der Waals surface area contributed by atoms with E-state index in [1.807, 2.05) is 0 Å². The van der Waals surface area contributed by atoms with Crippen LogP contribution in [0.5, 0.6) is 0 Å². The minimum Gasteiger partial charge on any atom is -0.459 e. The predicted octanol–water partition coefficient (Wildman–Crippen LogP) is 1.15. The molecule has 1 aliphatic rings. The van der Waals surface area contributed by atoms with Crippen LogP contribution in [0, 0.1) is 0 Å². The highest BCUT2D eigenvalue weighted by molar-refractivity contribution is 5.94. The topological polar surface area (TPSA) is 64.8 Å². The Morgan fingerprint density at radius 2 is 2.32 bits per heavy atom. The number of para-hydroxylation sites is 1. The zero-order valence-corrected chi connectivity index (χ0v) is 11.2. The van der Waals surface area contributed by atoms with Gasteiger partial charge < -0.3 is 15.2 Å². The summed E-state index contributed by atoms with van der Waals surface area (Å²) in [4.78, 5) is 14.2. The van der Waals surface area contributed by atoms with Gasteiger partial charge in [-0.05, 0) is 18.7 Å². The van der Waals surface area contributed by atoms with E-state index in [0.29, 0.717) is 17.9 Å². The molecule has 5 heteroatoms. The summed E-state index contributed by atoms with van der Waals surface area (Å²) >= 11 is 0. The Kier molecular flexibility index (Phi) is 4.76. The van der Waals surface area contributed by atoms with Crippen molar-refractivity contribution in [3.05, 3.63) is 29.8 Å². The summed E-state index contributed by atoms with van der Waals surface area (Å²) in [5.41, 5.74) is 6.58. The van der Waals surface area contributed by atoms with Crippen LogP contribution in [0.3, 0.4) is 0 Å². The van der Waals surface area contributed by atoms with Crippen LogP contribution in [-0.2, 0) is 9.47 Å². The van der Waals surface area contributed by atoms with E-state index < -0.39 is 5.97 Å². The van der Waals surface area contributed by atoms with Crippen molar-refractivity contribution in [1.82, 2.24) is 4.90 Å². The van der Waals surface area contributed by atoms with Crippen LogP contribution in [0.2, 0.25) is 0 Å². The molecule has 0 amide bonds. The molecule has 2 N–H and O–H groups in total. The van der Waals surface area contributed by atoms with E-state index in [0.717, 1.165) is 19.6 Å². The highest BCUT2D eigenvalue weighted by Crippen LogP contribution is 2.13. The number of morpholine rings is 1. The van der Waals surface area contributed by atoms with Crippen LogP contribution in [0.25, 0.3) is 0 Å². The van der Waals surface area contributed by atoms with E-state index in [4.69, 9.17) is 15.2 Å². The smallest absolute Gasteiger partial charge is 0.340 e. The molecule has 19 heavy (non-hydrogen) atoms. The van der Waals surface area contributed by atoms with Gasteiger partial charge in [0.15, 0.2) is 0 Å². The summed E-state index contributed by atoms with van der Waals surface area (Å²) in [6, 6.07) is 6.91. The number of carbonyl (C=O) groups excluding carboxylic acids is 1. The Balaban J connectivity index is 1.85. The number of nitrogen functional groups attached to an aromatic ring is 1. The van der Waals surface area contributed by atoms with E-state index in [-0.39, 0.29) is 12.7 Å². The Labute approximate surface area is 113 Å². The third-order valence-electron chi connectivity index (χ3n) is 3.25. The average Bonchev–Trinajstić information content (AvgIpc) is 2.45. The fraction of sp³-hybridized carbons (Fsp3) is 0.500. The number of ether oxygens (including phenoxy) is 2. The molecule has 1 atom stereocenters. The standard InChI is InChI=1S/C14H20N2O3/c1-2-16-7-8-18-11(9-16)10-19-14(17)12-5-3-4-6-13(12)15/h3-6,11H,2,7-10,15H2,1H3. The van der Waals surface area contributed by atoms with E-state index in [1.54, 1.807) is 24.3 Å². The number of hydrogen-bond donors (Lipinski definition) is 1. The van der Waals surface area contributed by atoms with Crippen molar-refractivity contribution < 1.29 is 14.3 Å². The Bertz CT molecular complexity index is 436. The molecule has 1 fully saturated rings. The van der Waals surface area contributed by atoms with Crippen molar-refractivity contribution >= 4 is 11.7 Å². The highest BCUT2D eigenvalue weighted by Gasteiger charge is 2.21. The summed E-state index contributed by atoms with van der Waals surface area (Å²) in [6.45, 7) is 5.78. The van der Waals surface area contributed by atoms with Gasteiger partial charge >= 0.3 is 5.97 Å². The van der Waals surface area contributed by atoms with Gasteiger partial charge in [0.1, 0.15) is 12.7 Å². The lowest BCUT2D eigenvalue weighted by molar-refractivity contribution is -0.0578. The Morgan fingerprint density at radius 3 is 3.05 bits per heavy atom. The maximum absolute atomic E-state index is 11.9. The number of nitrogens with zero attached hydrogens (tertiary/aromatic N) is 1. The van der Waals surface area contributed by atoms with Gasteiger partial charge in [-0.1, -0.05) is 19.1 Å². The molecule has 104 valence electrons. The van der Waals surface area contributed by atoms with Crippen LogP contribution < -0.4 is 5.73 Å². The minimum atomic E-state index is -0.393. The number of hydrogen-bond acceptors (Lipinski definition) is 5. The first-order valence-corrected chi connectivity index (χ1v) is 6.56. The van der Waals surface area contributed by atoms with Crippen molar-refractivity contribution in [2.24, 2.45) is 0 Å².